The van der Waals surface area contributed by atoms with E-state index in [0.717, 1.165) is 35.2 Å². The number of aromatic nitrogens is 2. The summed E-state index contributed by atoms with van der Waals surface area (Å²) < 4.78 is 0. The normalized spacial score (nSPS) is 13.7. The molecule has 0 atom stereocenters. The zero-order valence-electron chi connectivity index (χ0n) is 15.8. The van der Waals surface area contributed by atoms with Crippen LogP contribution in [0, 0.1) is 0 Å². The van der Waals surface area contributed by atoms with Crippen molar-refractivity contribution < 1.29 is 4.79 Å². The van der Waals surface area contributed by atoms with E-state index in [0.29, 0.717) is 11.4 Å². The second-order valence-corrected chi connectivity index (χ2v) is 7.86. The Morgan fingerprint density at radius 3 is 2.72 bits per heavy atom. The Morgan fingerprint density at radius 1 is 1.03 bits per heavy atom. The summed E-state index contributed by atoms with van der Waals surface area (Å²) in [5.41, 5.74) is 6.76. The fourth-order valence-corrected chi connectivity index (χ4v) is 4.29. The molecule has 1 fully saturated rings. The lowest BCUT2D eigenvalue weighted by Crippen LogP contribution is -2.17. The van der Waals surface area contributed by atoms with Gasteiger partial charge in [-0.05, 0) is 37.1 Å². The van der Waals surface area contributed by atoms with Crippen LogP contribution in [0.25, 0.3) is 22.2 Å². The van der Waals surface area contributed by atoms with Gasteiger partial charge in [0.1, 0.15) is 5.69 Å². The van der Waals surface area contributed by atoms with E-state index in [9.17, 15) is 4.79 Å². The maximum atomic E-state index is 12.5. The van der Waals surface area contributed by atoms with Crippen molar-refractivity contribution in [1.82, 2.24) is 9.97 Å². The molecule has 6 heteroatoms. The third-order valence-corrected chi connectivity index (χ3v) is 5.83. The molecule has 0 unspecified atom stereocenters. The first-order valence-corrected chi connectivity index (χ1v) is 10.7. The summed E-state index contributed by atoms with van der Waals surface area (Å²) in [5.74, 6) is -0.220. The lowest BCUT2D eigenvalue weighted by Gasteiger charge is -2.18. The molecule has 4 aromatic rings. The maximum Gasteiger partial charge on any atom is 0.275 e. The number of nitrogens with one attached hydrogen (secondary N) is 1. The molecule has 5 rings (SSSR count). The second-order valence-electron chi connectivity index (χ2n) is 7.15. The van der Waals surface area contributed by atoms with Crippen LogP contribution in [0.15, 0.2) is 65.5 Å². The van der Waals surface area contributed by atoms with Crippen molar-refractivity contribution in [1.29, 1.82) is 0 Å². The molecular weight excluding hydrogens is 380 g/mol. The van der Waals surface area contributed by atoms with Gasteiger partial charge >= 0.3 is 0 Å². The van der Waals surface area contributed by atoms with Gasteiger partial charge in [0.05, 0.1) is 22.4 Å². The van der Waals surface area contributed by atoms with Gasteiger partial charge in [0.25, 0.3) is 5.91 Å². The first kappa shape index (κ1) is 17.8. The van der Waals surface area contributed by atoms with Crippen molar-refractivity contribution in [3.63, 3.8) is 0 Å². The Labute approximate surface area is 173 Å². The topological polar surface area (TPSA) is 58.1 Å². The highest BCUT2D eigenvalue weighted by Gasteiger charge is 2.14. The zero-order valence-corrected chi connectivity index (χ0v) is 16.7. The summed E-state index contributed by atoms with van der Waals surface area (Å²) >= 11 is 1.40. The molecule has 1 saturated heterocycles. The zero-order chi connectivity index (χ0) is 19.6. The average Bonchev–Trinajstić information content (AvgIpc) is 3.48. The summed E-state index contributed by atoms with van der Waals surface area (Å²) in [6, 6.07) is 18.4. The molecule has 5 nitrogen and oxygen atoms in total. The van der Waals surface area contributed by atoms with Crippen LogP contribution in [0.4, 0.5) is 11.4 Å². The fraction of sp³-hybridized carbons (Fsp3) is 0.174. The van der Waals surface area contributed by atoms with E-state index in [1.54, 1.807) is 10.9 Å². The number of para-hydroxylation sites is 1. The Morgan fingerprint density at radius 2 is 1.90 bits per heavy atom. The summed E-state index contributed by atoms with van der Waals surface area (Å²) in [4.78, 5) is 23.9. The predicted molar refractivity (Wildman–Crippen MR) is 119 cm³/mol. The number of benzene rings is 2. The molecule has 0 radical (unpaired) electrons. The van der Waals surface area contributed by atoms with Crippen molar-refractivity contribution in [2.45, 2.75) is 12.8 Å². The van der Waals surface area contributed by atoms with Crippen LogP contribution >= 0.6 is 11.3 Å². The molecule has 0 bridgehead atoms. The molecule has 2 aromatic carbocycles. The molecule has 3 heterocycles. The third-order valence-electron chi connectivity index (χ3n) is 5.25. The monoisotopic (exact) mass is 400 g/mol. The third kappa shape index (κ3) is 3.59. The summed E-state index contributed by atoms with van der Waals surface area (Å²) in [5, 5.41) is 5.68. The second kappa shape index (κ2) is 7.64. The van der Waals surface area contributed by atoms with E-state index in [2.05, 4.69) is 45.5 Å². The number of hydrogen-bond acceptors (Lipinski definition) is 5. The first-order valence-electron chi connectivity index (χ1n) is 9.73. The number of anilines is 2. The Bertz CT molecular complexity index is 1170. The van der Waals surface area contributed by atoms with Crippen LogP contribution in [0.2, 0.25) is 0 Å². The number of amides is 1. The lowest BCUT2D eigenvalue weighted by molar-refractivity contribution is 0.102. The Kier molecular flexibility index (Phi) is 4.69. The van der Waals surface area contributed by atoms with Crippen LogP contribution in [0.1, 0.15) is 23.3 Å². The van der Waals surface area contributed by atoms with Crippen LogP contribution < -0.4 is 10.2 Å². The van der Waals surface area contributed by atoms with Crippen molar-refractivity contribution in [2.24, 2.45) is 0 Å². The highest BCUT2D eigenvalue weighted by molar-refractivity contribution is 7.07. The minimum absolute atomic E-state index is 0.220. The van der Waals surface area contributed by atoms with Gasteiger partial charge < -0.3 is 10.2 Å². The summed E-state index contributed by atoms with van der Waals surface area (Å²) in [6.45, 7) is 2.23. The van der Waals surface area contributed by atoms with Crippen LogP contribution in [0.3, 0.4) is 0 Å². The smallest absolute Gasteiger partial charge is 0.275 e. The molecular formula is C23H20N4OS. The first-order chi connectivity index (χ1) is 14.3. The van der Waals surface area contributed by atoms with E-state index < -0.39 is 0 Å². The highest BCUT2D eigenvalue weighted by Crippen LogP contribution is 2.29. The molecule has 0 spiro atoms. The van der Waals surface area contributed by atoms with Crippen molar-refractivity contribution in [2.75, 3.05) is 23.3 Å². The van der Waals surface area contributed by atoms with Crippen LogP contribution in [-0.2, 0) is 0 Å². The molecule has 1 N–H and O–H groups in total. The average molecular weight is 401 g/mol. The lowest BCUT2D eigenvalue weighted by atomic mass is 10.1. The standard InChI is InChI=1S/C23H20N4OS/c28-23(21-14-29-15-24-21)26-20-8-4-5-16-9-10-19(25-22(16)20)17-6-3-7-18(13-17)27-11-1-2-12-27/h3-10,13-15H,1-2,11-12H2,(H,26,28). The van der Waals surface area contributed by atoms with Gasteiger partial charge in [-0.2, -0.15) is 0 Å². The number of thiazole rings is 1. The number of pyridine rings is 1. The van der Waals surface area contributed by atoms with Gasteiger partial charge in [-0.25, -0.2) is 9.97 Å². The van der Waals surface area contributed by atoms with Gasteiger partial charge in [0, 0.05) is 35.1 Å². The SMILES string of the molecule is O=C(Nc1cccc2ccc(-c3cccc(N4CCCC4)c3)nc12)c1cscn1. The molecule has 1 amide bonds. The van der Waals surface area contributed by atoms with Gasteiger partial charge in [0.15, 0.2) is 0 Å². The van der Waals surface area contributed by atoms with E-state index in [1.165, 1.54) is 29.9 Å². The number of hydrogen-bond donors (Lipinski definition) is 1. The minimum atomic E-state index is -0.220. The Balaban J connectivity index is 1.51. The van der Waals surface area contributed by atoms with E-state index in [-0.39, 0.29) is 5.91 Å². The molecule has 0 aliphatic carbocycles. The van der Waals surface area contributed by atoms with E-state index >= 15 is 0 Å². The largest absolute Gasteiger partial charge is 0.372 e. The number of carbonyl (C=O) groups is 1. The van der Waals surface area contributed by atoms with Crippen molar-refractivity contribution in [3.8, 4) is 11.3 Å². The van der Waals surface area contributed by atoms with Crippen molar-refractivity contribution in [3.05, 3.63) is 71.2 Å². The molecule has 144 valence electrons. The number of fused-ring (bicyclic) bond motifs is 1. The molecule has 1 aliphatic rings. The quantitative estimate of drug-likeness (QED) is 0.511. The molecule has 1 aliphatic heterocycles. The fourth-order valence-electron chi connectivity index (χ4n) is 3.76. The van der Waals surface area contributed by atoms with Gasteiger partial charge in [0.2, 0.25) is 0 Å². The summed E-state index contributed by atoms with van der Waals surface area (Å²) in [7, 11) is 0. The minimum Gasteiger partial charge on any atom is -0.372 e. The number of nitrogens with zero attached hydrogens (tertiary/aromatic N) is 3. The van der Waals surface area contributed by atoms with Gasteiger partial charge in [-0.3, -0.25) is 4.79 Å². The van der Waals surface area contributed by atoms with E-state index in [4.69, 9.17) is 4.98 Å². The predicted octanol–water partition coefficient (Wildman–Crippen LogP) is 5.21. The summed E-state index contributed by atoms with van der Waals surface area (Å²) in [6.07, 6.45) is 2.50. The molecule has 2 aromatic heterocycles. The van der Waals surface area contributed by atoms with Crippen LogP contribution in [-0.4, -0.2) is 29.0 Å². The van der Waals surface area contributed by atoms with Gasteiger partial charge in [-0.15, -0.1) is 11.3 Å². The molecule has 0 saturated carbocycles. The Hall–Kier alpha value is -3.25. The highest BCUT2D eigenvalue weighted by atomic mass is 32.1. The van der Waals surface area contributed by atoms with Gasteiger partial charge in [-0.1, -0.05) is 30.3 Å². The van der Waals surface area contributed by atoms with Crippen LogP contribution in [0.5, 0.6) is 0 Å². The number of rotatable bonds is 4. The molecule has 29 heavy (non-hydrogen) atoms. The van der Waals surface area contributed by atoms with Crippen molar-refractivity contribution >= 4 is 39.5 Å². The maximum absolute atomic E-state index is 12.5. The number of carbonyl (C=O) groups excluding carboxylic acids is 1. The van der Waals surface area contributed by atoms with E-state index in [1.807, 2.05) is 24.3 Å².